The first-order valence-electron chi connectivity index (χ1n) is 7.41. The van der Waals surface area contributed by atoms with Crippen molar-refractivity contribution in [1.82, 2.24) is 24.1 Å². The van der Waals surface area contributed by atoms with Gasteiger partial charge in [0.1, 0.15) is 0 Å². The SMILES string of the molecule is CN(C)C(=O)C1CN(Cc2cnccn2)CCN(S(C)(=O)=O)C1. The molecule has 0 bridgehead atoms. The largest absolute Gasteiger partial charge is 0.348 e. The van der Waals surface area contributed by atoms with Crippen LogP contribution in [0.5, 0.6) is 0 Å². The van der Waals surface area contributed by atoms with Gasteiger partial charge in [-0.3, -0.25) is 19.7 Å². The second kappa shape index (κ2) is 7.33. The standard InChI is InChI=1S/C14H23N5O3S/c1-17(2)14(20)12-9-18(11-13-8-15-4-5-16-13)6-7-19(10-12)23(3,21)22/h4-5,8,12H,6-7,9-11H2,1-3H3. The van der Waals surface area contributed by atoms with E-state index in [1.807, 2.05) is 0 Å². The van der Waals surface area contributed by atoms with Crippen LogP contribution < -0.4 is 0 Å². The lowest BCUT2D eigenvalue weighted by Crippen LogP contribution is -2.41. The van der Waals surface area contributed by atoms with Gasteiger partial charge in [0.25, 0.3) is 0 Å². The van der Waals surface area contributed by atoms with Gasteiger partial charge >= 0.3 is 0 Å². The van der Waals surface area contributed by atoms with E-state index < -0.39 is 10.0 Å². The molecule has 1 saturated heterocycles. The highest BCUT2D eigenvalue weighted by Crippen LogP contribution is 2.16. The normalized spacial score (nSPS) is 20.9. The van der Waals surface area contributed by atoms with E-state index in [1.165, 1.54) is 15.5 Å². The molecule has 0 spiro atoms. The summed E-state index contributed by atoms with van der Waals surface area (Å²) in [6.45, 7) is 2.19. The van der Waals surface area contributed by atoms with Crippen LogP contribution in [0.4, 0.5) is 0 Å². The third-order valence-corrected chi connectivity index (χ3v) is 5.10. The van der Waals surface area contributed by atoms with Crippen LogP contribution in [0.3, 0.4) is 0 Å². The third-order valence-electron chi connectivity index (χ3n) is 3.83. The molecular formula is C14H23N5O3S. The molecule has 1 fully saturated rings. The molecule has 0 radical (unpaired) electrons. The van der Waals surface area contributed by atoms with Gasteiger partial charge in [-0.05, 0) is 0 Å². The monoisotopic (exact) mass is 341 g/mol. The fourth-order valence-electron chi connectivity index (χ4n) is 2.66. The van der Waals surface area contributed by atoms with E-state index in [2.05, 4.69) is 14.9 Å². The van der Waals surface area contributed by atoms with Crippen LogP contribution in [0, 0.1) is 5.92 Å². The molecule has 1 aliphatic heterocycles. The summed E-state index contributed by atoms with van der Waals surface area (Å²) in [6.07, 6.45) is 6.10. The summed E-state index contributed by atoms with van der Waals surface area (Å²) in [6, 6.07) is 0. The van der Waals surface area contributed by atoms with Gasteiger partial charge in [-0.25, -0.2) is 12.7 Å². The number of carbonyl (C=O) groups is 1. The van der Waals surface area contributed by atoms with Crippen molar-refractivity contribution in [2.75, 3.05) is 46.5 Å². The molecule has 9 heteroatoms. The fourth-order valence-corrected chi connectivity index (χ4v) is 3.52. The van der Waals surface area contributed by atoms with E-state index >= 15 is 0 Å². The smallest absolute Gasteiger partial charge is 0.227 e. The van der Waals surface area contributed by atoms with Crippen LogP contribution in [0.15, 0.2) is 18.6 Å². The number of nitrogens with zero attached hydrogens (tertiary/aromatic N) is 5. The van der Waals surface area contributed by atoms with Gasteiger partial charge in [-0.15, -0.1) is 0 Å². The summed E-state index contributed by atoms with van der Waals surface area (Å²) in [5.74, 6) is -0.455. The number of hydrogen-bond donors (Lipinski definition) is 0. The topological polar surface area (TPSA) is 86.7 Å². The summed E-state index contributed by atoms with van der Waals surface area (Å²) < 4.78 is 25.2. The van der Waals surface area contributed by atoms with Crippen LogP contribution >= 0.6 is 0 Å². The molecule has 1 unspecified atom stereocenters. The van der Waals surface area contributed by atoms with Crippen LogP contribution in [-0.2, 0) is 21.4 Å². The van der Waals surface area contributed by atoms with Crippen molar-refractivity contribution in [3.63, 3.8) is 0 Å². The Kier molecular flexibility index (Phi) is 5.66. The zero-order valence-corrected chi connectivity index (χ0v) is 14.5. The highest BCUT2D eigenvalue weighted by atomic mass is 32.2. The summed E-state index contributed by atoms with van der Waals surface area (Å²) in [7, 11) is 0.0414. The molecule has 8 nitrogen and oxygen atoms in total. The lowest BCUT2D eigenvalue weighted by molar-refractivity contribution is -0.133. The molecule has 1 aromatic heterocycles. The Morgan fingerprint density at radius 1 is 1.30 bits per heavy atom. The van der Waals surface area contributed by atoms with Gasteiger partial charge in [0.15, 0.2) is 0 Å². The maximum Gasteiger partial charge on any atom is 0.227 e. The molecule has 23 heavy (non-hydrogen) atoms. The van der Waals surface area contributed by atoms with Crippen LogP contribution in [0.2, 0.25) is 0 Å². The summed E-state index contributed by atoms with van der Waals surface area (Å²) in [4.78, 5) is 24.2. The van der Waals surface area contributed by atoms with E-state index in [0.717, 1.165) is 5.69 Å². The van der Waals surface area contributed by atoms with Gasteiger partial charge < -0.3 is 4.90 Å². The van der Waals surface area contributed by atoms with Crippen molar-refractivity contribution in [1.29, 1.82) is 0 Å². The highest BCUT2D eigenvalue weighted by Gasteiger charge is 2.32. The van der Waals surface area contributed by atoms with Crippen LogP contribution in [-0.4, -0.2) is 84.9 Å². The number of carbonyl (C=O) groups excluding carboxylic acids is 1. The van der Waals surface area contributed by atoms with Gasteiger partial charge in [-0.1, -0.05) is 0 Å². The van der Waals surface area contributed by atoms with E-state index in [9.17, 15) is 13.2 Å². The first-order valence-corrected chi connectivity index (χ1v) is 9.25. The molecule has 1 aliphatic rings. The maximum absolute atomic E-state index is 12.4. The maximum atomic E-state index is 12.4. The van der Waals surface area contributed by atoms with Crippen LogP contribution in [0.25, 0.3) is 0 Å². The van der Waals surface area contributed by atoms with Crippen molar-refractivity contribution in [3.8, 4) is 0 Å². The predicted molar refractivity (Wildman–Crippen MR) is 85.9 cm³/mol. The molecule has 0 aliphatic carbocycles. The molecule has 2 rings (SSSR count). The minimum atomic E-state index is -3.33. The Labute approximate surface area is 137 Å². The van der Waals surface area contributed by atoms with E-state index in [4.69, 9.17) is 0 Å². The quantitative estimate of drug-likeness (QED) is 0.717. The predicted octanol–water partition coefficient (Wildman–Crippen LogP) is -0.742. The number of amides is 1. The second-order valence-electron chi connectivity index (χ2n) is 5.98. The minimum absolute atomic E-state index is 0.0651. The first kappa shape index (κ1) is 17.8. The Bertz CT molecular complexity index is 635. The van der Waals surface area contributed by atoms with Crippen molar-refractivity contribution in [2.24, 2.45) is 5.92 Å². The average molecular weight is 341 g/mol. The van der Waals surface area contributed by atoms with Crippen molar-refractivity contribution >= 4 is 15.9 Å². The number of sulfonamides is 1. The molecule has 0 aromatic carbocycles. The molecule has 2 heterocycles. The summed E-state index contributed by atoms with van der Waals surface area (Å²) in [5, 5.41) is 0. The van der Waals surface area contributed by atoms with Crippen molar-refractivity contribution in [2.45, 2.75) is 6.54 Å². The lowest BCUT2D eigenvalue weighted by Gasteiger charge is -2.25. The number of hydrogen-bond acceptors (Lipinski definition) is 6. The Morgan fingerprint density at radius 2 is 2.04 bits per heavy atom. The Morgan fingerprint density at radius 3 is 2.61 bits per heavy atom. The fraction of sp³-hybridized carbons (Fsp3) is 0.643. The Hall–Kier alpha value is -1.58. The van der Waals surface area contributed by atoms with Crippen molar-refractivity contribution in [3.05, 3.63) is 24.3 Å². The highest BCUT2D eigenvalue weighted by molar-refractivity contribution is 7.88. The van der Waals surface area contributed by atoms with Gasteiger partial charge in [0.2, 0.25) is 15.9 Å². The molecule has 1 aromatic rings. The average Bonchev–Trinajstić information content (AvgIpc) is 2.70. The zero-order valence-electron chi connectivity index (χ0n) is 13.7. The molecule has 1 amide bonds. The first-order chi connectivity index (χ1) is 10.8. The Balaban J connectivity index is 2.17. The number of aromatic nitrogens is 2. The van der Waals surface area contributed by atoms with Gasteiger partial charge in [0.05, 0.1) is 17.9 Å². The molecular weight excluding hydrogens is 318 g/mol. The molecule has 1 atom stereocenters. The third kappa shape index (κ3) is 4.95. The molecule has 128 valence electrons. The lowest BCUT2D eigenvalue weighted by atomic mass is 10.1. The summed E-state index contributed by atoms with van der Waals surface area (Å²) >= 11 is 0. The van der Waals surface area contributed by atoms with E-state index in [-0.39, 0.29) is 18.4 Å². The molecule has 0 saturated carbocycles. The summed E-state index contributed by atoms with van der Waals surface area (Å²) in [5.41, 5.74) is 0.802. The van der Waals surface area contributed by atoms with E-state index in [1.54, 1.807) is 32.7 Å². The van der Waals surface area contributed by atoms with Gasteiger partial charge in [0, 0.05) is 65.4 Å². The van der Waals surface area contributed by atoms with Gasteiger partial charge in [-0.2, -0.15) is 0 Å². The molecule has 0 N–H and O–H groups in total. The van der Waals surface area contributed by atoms with E-state index in [0.29, 0.717) is 26.2 Å². The van der Waals surface area contributed by atoms with Crippen LogP contribution in [0.1, 0.15) is 5.69 Å². The zero-order chi connectivity index (χ0) is 17.0. The van der Waals surface area contributed by atoms with Crippen molar-refractivity contribution < 1.29 is 13.2 Å². The number of rotatable bonds is 4. The second-order valence-corrected chi connectivity index (χ2v) is 7.96. The minimum Gasteiger partial charge on any atom is -0.348 e.